The van der Waals surface area contributed by atoms with E-state index in [1.807, 2.05) is 30.3 Å². The second kappa shape index (κ2) is 6.11. The van der Waals surface area contributed by atoms with Gasteiger partial charge in [-0.25, -0.2) is 0 Å². The summed E-state index contributed by atoms with van der Waals surface area (Å²) >= 11 is 0. The highest BCUT2D eigenvalue weighted by molar-refractivity contribution is 5.96. The molecular formula is C19H28O. The summed E-state index contributed by atoms with van der Waals surface area (Å²) in [5, 5.41) is 0. The summed E-state index contributed by atoms with van der Waals surface area (Å²) < 4.78 is 0. The molecule has 3 atom stereocenters. The molecule has 0 amide bonds. The fourth-order valence-electron chi connectivity index (χ4n) is 3.47. The van der Waals surface area contributed by atoms with E-state index in [4.69, 9.17) is 0 Å². The summed E-state index contributed by atoms with van der Waals surface area (Å²) in [6, 6.07) is 9.76. The summed E-state index contributed by atoms with van der Waals surface area (Å²) in [5.41, 5.74) is 1.24. The molecular weight excluding hydrogens is 244 g/mol. The van der Waals surface area contributed by atoms with Crippen molar-refractivity contribution in [1.82, 2.24) is 0 Å². The first kappa shape index (κ1) is 15.3. The standard InChI is InChI=1S/C19H28O/c1-14-10-11-17(19(2,3)4)12-16(14)13-18(20)15-8-6-5-7-9-15/h5-9,14,16-17H,10-13H2,1-4H3. The zero-order chi connectivity index (χ0) is 14.8. The summed E-state index contributed by atoms with van der Waals surface area (Å²) in [7, 11) is 0. The molecule has 1 aromatic carbocycles. The van der Waals surface area contributed by atoms with Gasteiger partial charge in [-0.15, -0.1) is 0 Å². The van der Waals surface area contributed by atoms with Crippen LogP contribution in [-0.2, 0) is 0 Å². The number of hydrogen-bond acceptors (Lipinski definition) is 1. The lowest BCUT2D eigenvalue weighted by molar-refractivity contribution is 0.0790. The van der Waals surface area contributed by atoms with E-state index in [2.05, 4.69) is 27.7 Å². The van der Waals surface area contributed by atoms with Crippen LogP contribution in [0.2, 0.25) is 0 Å². The van der Waals surface area contributed by atoms with Gasteiger partial charge in [-0.1, -0.05) is 64.4 Å². The van der Waals surface area contributed by atoms with Crippen molar-refractivity contribution in [1.29, 1.82) is 0 Å². The lowest BCUT2D eigenvalue weighted by Crippen LogP contribution is -2.32. The van der Waals surface area contributed by atoms with E-state index in [-0.39, 0.29) is 0 Å². The van der Waals surface area contributed by atoms with Crippen molar-refractivity contribution >= 4 is 5.78 Å². The zero-order valence-electron chi connectivity index (χ0n) is 13.4. The summed E-state index contributed by atoms with van der Waals surface area (Å²) in [6.45, 7) is 9.33. The van der Waals surface area contributed by atoms with Crippen molar-refractivity contribution < 1.29 is 4.79 Å². The number of ketones is 1. The number of hydrogen-bond donors (Lipinski definition) is 0. The first-order valence-corrected chi connectivity index (χ1v) is 7.96. The third-order valence-corrected chi connectivity index (χ3v) is 5.13. The van der Waals surface area contributed by atoms with Crippen LogP contribution >= 0.6 is 0 Å². The Hall–Kier alpha value is -1.11. The van der Waals surface area contributed by atoms with Gasteiger partial charge in [-0.3, -0.25) is 4.79 Å². The normalized spacial score (nSPS) is 27.3. The molecule has 110 valence electrons. The van der Waals surface area contributed by atoms with E-state index in [0.29, 0.717) is 23.0 Å². The highest BCUT2D eigenvalue weighted by Gasteiger charge is 2.34. The summed E-state index contributed by atoms with van der Waals surface area (Å²) in [6.07, 6.45) is 4.52. The third-order valence-electron chi connectivity index (χ3n) is 5.13. The van der Waals surface area contributed by atoms with E-state index in [0.717, 1.165) is 17.9 Å². The van der Waals surface area contributed by atoms with E-state index >= 15 is 0 Å². The highest BCUT2D eigenvalue weighted by Crippen LogP contribution is 2.43. The molecule has 0 saturated heterocycles. The maximum absolute atomic E-state index is 12.4. The molecule has 0 radical (unpaired) electrons. The Labute approximate surface area is 123 Å². The van der Waals surface area contributed by atoms with E-state index in [9.17, 15) is 4.79 Å². The van der Waals surface area contributed by atoms with Crippen molar-refractivity contribution in [3.8, 4) is 0 Å². The Kier molecular flexibility index (Phi) is 4.67. The lowest BCUT2D eigenvalue weighted by atomic mass is 9.65. The monoisotopic (exact) mass is 272 g/mol. The molecule has 1 saturated carbocycles. The van der Waals surface area contributed by atoms with Crippen molar-refractivity contribution in [3.05, 3.63) is 35.9 Å². The number of carbonyl (C=O) groups is 1. The van der Waals surface area contributed by atoms with Crippen molar-refractivity contribution in [2.45, 2.75) is 53.4 Å². The summed E-state index contributed by atoms with van der Waals surface area (Å²) in [5.74, 6) is 2.31. The zero-order valence-corrected chi connectivity index (χ0v) is 13.4. The maximum atomic E-state index is 12.4. The molecule has 0 aliphatic heterocycles. The van der Waals surface area contributed by atoms with Crippen LogP contribution in [0.5, 0.6) is 0 Å². The van der Waals surface area contributed by atoms with E-state index < -0.39 is 0 Å². The van der Waals surface area contributed by atoms with Gasteiger partial charge < -0.3 is 0 Å². The van der Waals surface area contributed by atoms with Crippen LogP contribution in [0, 0.1) is 23.2 Å². The van der Waals surface area contributed by atoms with E-state index in [1.54, 1.807) is 0 Å². The van der Waals surface area contributed by atoms with Crippen LogP contribution in [0.1, 0.15) is 63.7 Å². The second-order valence-corrected chi connectivity index (χ2v) is 7.61. The highest BCUT2D eigenvalue weighted by atomic mass is 16.1. The Balaban J connectivity index is 2.02. The molecule has 1 heteroatoms. The Morgan fingerprint density at radius 1 is 1.15 bits per heavy atom. The van der Waals surface area contributed by atoms with Crippen LogP contribution in [0.15, 0.2) is 30.3 Å². The Morgan fingerprint density at radius 3 is 2.40 bits per heavy atom. The molecule has 0 N–H and O–H groups in total. The van der Waals surface area contributed by atoms with E-state index in [1.165, 1.54) is 19.3 Å². The fraction of sp³-hybridized carbons (Fsp3) is 0.632. The number of benzene rings is 1. The first-order chi connectivity index (χ1) is 9.38. The third kappa shape index (κ3) is 3.71. The molecule has 2 rings (SSSR count). The molecule has 1 aromatic rings. The Morgan fingerprint density at radius 2 is 1.80 bits per heavy atom. The van der Waals surface area contributed by atoms with Crippen LogP contribution in [-0.4, -0.2) is 5.78 Å². The molecule has 1 aliphatic rings. The molecule has 0 aromatic heterocycles. The van der Waals surface area contributed by atoms with Crippen LogP contribution < -0.4 is 0 Å². The number of Topliss-reactive ketones (excluding diaryl/α,β-unsaturated/α-hetero) is 1. The van der Waals surface area contributed by atoms with Gasteiger partial charge in [0.05, 0.1) is 0 Å². The van der Waals surface area contributed by atoms with Crippen molar-refractivity contribution in [3.63, 3.8) is 0 Å². The average molecular weight is 272 g/mol. The second-order valence-electron chi connectivity index (χ2n) is 7.61. The maximum Gasteiger partial charge on any atom is 0.163 e. The molecule has 20 heavy (non-hydrogen) atoms. The quantitative estimate of drug-likeness (QED) is 0.677. The number of rotatable bonds is 3. The molecule has 1 nitrogen and oxygen atoms in total. The molecule has 1 aliphatic carbocycles. The smallest absolute Gasteiger partial charge is 0.163 e. The molecule has 1 fully saturated rings. The van der Waals surface area contributed by atoms with Gasteiger partial charge in [0, 0.05) is 12.0 Å². The van der Waals surface area contributed by atoms with Crippen molar-refractivity contribution in [2.24, 2.45) is 23.2 Å². The summed E-state index contributed by atoms with van der Waals surface area (Å²) in [4.78, 5) is 12.4. The predicted octanol–water partition coefficient (Wildman–Crippen LogP) is 5.36. The molecule has 0 bridgehead atoms. The van der Waals surface area contributed by atoms with Gasteiger partial charge in [0.25, 0.3) is 0 Å². The van der Waals surface area contributed by atoms with Crippen molar-refractivity contribution in [2.75, 3.05) is 0 Å². The van der Waals surface area contributed by atoms with Gasteiger partial charge in [-0.2, -0.15) is 0 Å². The minimum Gasteiger partial charge on any atom is -0.294 e. The van der Waals surface area contributed by atoms with Gasteiger partial charge in [0.1, 0.15) is 0 Å². The van der Waals surface area contributed by atoms with Gasteiger partial charge in [0.15, 0.2) is 5.78 Å². The molecule has 0 heterocycles. The average Bonchev–Trinajstić information content (AvgIpc) is 2.41. The minimum atomic E-state index is 0.317. The SMILES string of the molecule is CC1CCC(C(C)(C)C)CC1CC(=O)c1ccccc1. The number of carbonyl (C=O) groups excluding carboxylic acids is 1. The van der Waals surface area contributed by atoms with Gasteiger partial charge in [-0.05, 0) is 36.0 Å². The topological polar surface area (TPSA) is 17.1 Å². The predicted molar refractivity (Wildman–Crippen MR) is 84.8 cm³/mol. The fourth-order valence-corrected chi connectivity index (χ4v) is 3.47. The first-order valence-electron chi connectivity index (χ1n) is 7.96. The molecule has 3 unspecified atom stereocenters. The van der Waals surface area contributed by atoms with Crippen LogP contribution in [0.3, 0.4) is 0 Å². The Bertz CT molecular complexity index is 441. The lowest BCUT2D eigenvalue weighted by Gasteiger charge is -2.40. The molecule has 0 spiro atoms. The van der Waals surface area contributed by atoms with Gasteiger partial charge >= 0.3 is 0 Å². The van der Waals surface area contributed by atoms with Gasteiger partial charge in [0.2, 0.25) is 0 Å². The van der Waals surface area contributed by atoms with Crippen LogP contribution in [0.25, 0.3) is 0 Å². The largest absolute Gasteiger partial charge is 0.294 e. The minimum absolute atomic E-state index is 0.317. The van der Waals surface area contributed by atoms with Crippen LogP contribution in [0.4, 0.5) is 0 Å².